The van der Waals surface area contributed by atoms with Gasteiger partial charge in [-0.15, -0.1) is 0 Å². The Morgan fingerprint density at radius 3 is 2.26 bits per heavy atom. The number of hydrogen-bond acceptors (Lipinski definition) is 1. The summed E-state index contributed by atoms with van der Waals surface area (Å²) in [6.45, 7) is 0. The van der Waals surface area contributed by atoms with Gasteiger partial charge in [0.05, 0.1) is 11.3 Å². The first-order valence-electron chi connectivity index (χ1n) is 5.43. The van der Waals surface area contributed by atoms with Gasteiger partial charge in [-0.05, 0) is 18.2 Å². The summed E-state index contributed by atoms with van der Waals surface area (Å²) in [6.07, 6.45) is -2.99. The molecule has 0 bridgehead atoms. The Labute approximate surface area is 116 Å². The highest BCUT2D eigenvalue weighted by atomic mass is 79.9. The van der Waals surface area contributed by atoms with Crippen molar-refractivity contribution < 1.29 is 13.2 Å². The van der Waals surface area contributed by atoms with E-state index in [0.717, 1.165) is 16.1 Å². The molecule has 2 aromatic carbocycles. The lowest BCUT2D eigenvalue weighted by molar-refractivity contribution is -0.137. The molecule has 0 spiro atoms. The van der Waals surface area contributed by atoms with Crippen LogP contribution in [-0.4, -0.2) is 6.21 Å². The van der Waals surface area contributed by atoms with Crippen LogP contribution in [0.2, 0.25) is 0 Å². The number of rotatable bonds is 2. The minimum Gasteiger partial charge on any atom is -0.256 e. The molecule has 2 rings (SSSR count). The Bertz CT molecular complexity index is 606. The Balaban J connectivity index is 2.37. The van der Waals surface area contributed by atoms with Crippen LogP contribution >= 0.6 is 15.9 Å². The van der Waals surface area contributed by atoms with E-state index >= 15 is 0 Å². The molecule has 0 aliphatic carbocycles. The predicted molar refractivity (Wildman–Crippen MR) is 72.8 cm³/mol. The second-order valence-corrected chi connectivity index (χ2v) is 4.65. The molecular formula is C14H9BrF3N. The van der Waals surface area contributed by atoms with Gasteiger partial charge in [-0.3, -0.25) is 4.99 Å². The molecule has 0 amide bonds. The maximum Gasteiger partial charge on any atom is 0.418 e. The van der Waals surface area contributed by atoms with E-state index in [-0.39, 0.29) is 5.69 Å². The third kappa shape index (κ3) is 3.44. The molecule has 0 aliphatic rings. The molecule has 0 N–H and O–H groups in total. The van der Waals surface area contributed by atoms with E-state index in [1.807, 2.05) is 6.07 Å². The number of hydrogen-bond donors (Lipinski definition) is 0. The van der Waals surface area contributed by atoms with Crippen molar-refractivity contribution in [3.05, 3.63) is 64.1 Å². The zero-order valence-corrected chi connectivity index (χ0v) is 11.2. The molecule has 0 atom stereocenters. The fourth-order valence-electron chi connectivity index (χ4n) is 1.54. The Kier molecular flexibility index (Phi) is 4.04. The second-order valence-electron chi connectivity index (χ2n) is 3.79. The van der Waals surface area contributed by atoms with Crippen LogP contribution in [0.4, 0.5) is 18.9 Å². The zero-order chi connectivity index (χ0) is 13.9. The van der Waals surface area contributed by atoms with Crippen LogP contribution in [0.15, 0.2) is 58.0 Å². The quantitative estimate of drug-likeness (QED) is 0.671. The number of nitrogens with zero attached hydrogens (tertiary/aromatic N) is 1. The minimum atomic E-state index is -4.40. The Morgan fingerprint density at radius 1 is 0.947 bits per heavy atom. The molecule has 1 nitrogen and oxygen atoms in total. The molecule has 98 valence electrons. The normalized spacial score (nSPS) is 12.0. The van der Waals surface area contributed by atoms with Crippen molar-refractivity contribution in [2.45, 2.75) is 6.18 Å². The minimum absolute atomic E-state index is 0.0919. The summed E-state index contributed by atoms with van der Waals surface area (Å²) in [5.74, 6) is 0. The number of aliphatic imine (C=N–C) groups is 1. The fourth-order valence-corrected chi connectivity index (χ4v) is 1.93. The van der Waals surface area contributed by atoms with E-state index in [4.69, 9.17) is 0 Å². The van der Waals surface area contributed by atoms with Gasteiger partial charge in [0, 0.05) is 16.3 Å². The van der Waals surface area contributed by atoms with Crippen LogP contribution in [0.25, 0.3) is 0 Å². The van der Waals surface area contributed by atoms with Crippen LogP contribution < -0.4 is 0 Å². The highest BCUT2D eigenvalue weighted by molar-refractivity contribution is 9.10. The van der Waals surface area contributed by atoms with Crippen molar-refractivity contribution in [3.63, 3.8) is 0 Å². The highest BCUT2D eigenvalue weighted by Gasteiger charge is 2.32. The lowest BCUT2D eigenvalue weighted by Crippen LogP contribution is -2.04. The van der Waals surface area contributed by atoms with Crippen LogP contribution in [0.1, 0.15) is 11.1 Å². The molecule has 5 heteroatoms. The summed E-state index contributed by atoms with van der Waals surface area (Å²) in [5, 5.41) is 0. The maximum absolute atomic E-state index is 12.8. The van der Waals surface area contributed by atoms with E-state index < -0.39 is 11.7 Å². The van der Waals surface area contributed by atoms with E-state index in [1.165, 1.54) is 24.4 Å². The molecule has 0 unspecified atom stereocenters. The average molecular weight is 328 g/mol. The van der Waals surface area contributed by atoms with Crippen molar-refractivity contribution in [3.8, 4) is 0 Å². The molecule has 0 radical (unpaired) electrons. The van der Waals surface area contributed by atoms with Gasteiger partial charge in [0.1, 0.15) is 0 Å². The van der Waals surface area contributed by atoms with Gasteiger partial charge in [0.25, 0.3) is 0 Å². The van der Waals surface area contributed by atoms with Crippen LogP contribution in [0.3, 0.4) is 0 Å². The van der Waals surface area contributed by atoms with Gasteiger partial charge in [-0.25, -0.2) is 0 Å². The van der Waals surface area contributed by atoms with Gasteiger partial charge < -0.3 is 0 Å². The molecule has 0 saturated heterocycles. The van der Waals surface area contributed by atoms with Crippen molar-refractivity contribution in [1.82, 2.24) is 0 Å². The molecule has 0 fully saturated rings. The monoisotopic (exact) mass is 327 g/mol. The van der Waals surface area contributed by atoms with Gasteiger partial charge in [-0.2, -0.15) is 13.2 Å². The summed E-state index contributed by atoms with van der Waals surface area (Å²) in [7, 11) is 0. The number of halogens is 4. The molecule has 2 aromatic rings. The molecule has 0 heterocycles. The summed E-state index contributed by atoms with van der Waals surface area (Å²) < 4.78 is 39.1. The first-order chi connectivity index (χ1) is 8.98. The Morgan fingerprint density at radius 2 is 1.58 bits per heavy atom. The lowest BCUT2D eigenvalue weighted by Gasteiger charge is -2.09. The van der Waals surface area contributed by atoms with Crippen molar-refractivity contribution in [1.29, 1.82) is 0 Å². The third-order valence-corrected chi connectivity index (χ3v) is 3.18. The van der Waals surface area contributed by atoms with Crippen molar-refractivity contribution in [2.75, 3.05) is 0 Å². The van der Waals surface area contributed by atoms with Gasteiger partial charge in [0.15, 0.2) is 0 Å². The number of alkyl halides is 3. The van der Waals surface area contributed by atoms with E-state index in [9.17, 15) is 13.2 Å². The van der Waals surface area contributed by atoms with E-state index in [2.05, 4.69) is 20.9 Å². The van der Waals surface area contributed by atoms with Crippen molar-refractivity contribution in [2.24, 2.45) is 4.99 Å². The SMILES string of the molecule is FC(F)(F)c1ccccc1N=Cc1ccccc1Br. The van der Waals surface area contributed by atoms with Crippen LogP contribution in [-0.2, 0) is 6.18 Å². The summed E-state index contributed by atoms with van der Waals surface area (Å²) in [4.78, 5) is 3.93. The summed E-state index contributed by atoms with van der Waals surface area (Å²) in [6, 6.07) is 12.4. The maximum atomic E-state index is 12.8. The molecule has 19 heavy (non-hydrogen) atoms. The first-order valence-corrected chi connectivity index (χ1v) is 6.22. The van der Waals surface area contributed by atoms with Gasteiger partial charge in [0.2, 0.25) is 0 Å². The smallest absolute Gasteiger partial charge is 0.256 e. The molecule has 0 saturated carbocycles. The topological polar surface area (TPSA) is 12.4 Å². The van der Waals surface area contributed by atoms with Gasteiger partial charge >= 0.3 is 6.18 Å². The first kappa shape index (κ1) is 13.8. The standard InChI is InChI=1S/C14H9BrF3N/c15-12-7-3-1-5-10(12)9-19-13-8-4-2-6-11(13)14(16,17)18/h1-9H. The van der Waals surface area contributed by atoms with Gasteiger partial charge in [-0.1, -0.05) is 46.3 Å². The largest absolute Gasteiger partial charge is 0.418 e. The van der Waals surface area contributed by atoms with Crippen LogP contribution in [0.5, 0.6) is 0 Å². The van der Waals surface area contributed by atoms with Crippen molar-refractivity contribution >= 4 is 27.8 Å². The average Bonchev–Trinajstić information content (AvgIpc) is 2.37. The van der Waals surface area contributed by atoms with E-state index in [0.29, 0.717) is 0 Å². The lowest BCUT2D eigenvalue weighted by atomic mass is 10.1. The Hall–Kier alpha value is -1.62. The number of benzene rings is 2. The summed E-state index contributed by atoms with van der Waals surface area (Å²) >= 11 is 3.31. The van der Waals surface area contributed by atoms with E-state index in [1.54, 1.807) is 18.2 Å². The zero-order valence-electron chi connectivity index (χ0n) is 9.66. The van der Waals surface area contributed by atoms with Crippen LogP contribution in [0, 0.1) is 0 Å². The summed E-state index contributed by atoms with van der Waals surface area (Å²) in [5.41, 5.74) is -0.108. The fraction of sp³-hybridized carbons (Fsp3) is 0.0714. The highest BCUT2D eigenvalue weighted by Crippen LogP contribution is 2.35. The molecular weight excluding hydrogens is 319 g/mol. The molecule has 0 aliphatic heterocycles. The predicted octanol–water partition coefficient (Wildman–Crippen LogP) is 5.22. The molecule has 0 aromatic heterocycles. The second kappa shape index (κ2) is 5.57. The third-order valence-electron chi connectivity index (χ3n) is 2.46. The number of para-hydroxylation sites is 1.